The van der Waals surface area contributed by atoms with Crippen LogP contribution in [-0.2, 0) is 10.0 Å². The molecular weight excluding hydrogens is 276 g/mol. The smallest absolute Gasteiger partial charge is 0.243 e. The topological polar surface area (TPSA) is 66.4 Å². The molecule has 1 aliphatic rings. The van der Waals surface area contributed by atoms with Crippen molar-refractivity contribution in [1.82, 2.24) is 4.72 Å². The Morgan fingerprint density at radius 2 is 2.05 bits per heavy atom. The van der Waals surface area contributed by atoms with Gasteiger partial charge in [0.15, 0.2) is 0 Å². The van der Waals surface area contributed by atoms with Crippen LogP contribution < -0.4 is 4.72 Å². The standard InChI is InChI=1S/C12H15F2NO3S/c13-9-4-5-10(14)12(6-9)19(17,18)15-11-3-1-2-8(11)7-16/h4-6,8,11,15-16H,1-3,7H2. The minimum atomic E-state index is -4.12. The van der Waals surface area contributed by atoms with Crippen molar-refractivity contribution in [3.63, 3.8) is 0 Å². The van der Waals surface area contributed by atoms with E-state index in [2.05, 4.69) is 4.72 Å². The summed E-state index contributed by atoms with van der Waals surface area (Å²) in [7, 11) is -4.12. The van der Waals surface area contributed by atoms with Crippen molar-refractivity contribution in [2.75, 3.05) is 6.61 Å². The highest BCUT2D eigenvalue weighted by Crippen LogP contribution is 2.27. The van der Waals surface area contributed by atoms with Crippen molar-refractivity contribution in [1.29, 1.82) is 0 Å². The third-order valence-electron chi connectivity index (χ3n) is 3.38. The van der Waals surface area contributed by atoms with Crippen LogP contribution in [0.3, 0.4) is 0 Å². The van der Waals surface area contributed by atoms with Crippen molar-refractivity contribution in [2.45, 2.75) is 30.2 Å². The van der Waals surface area contributed by atoms with Gasteiger partial charge in [0, 0.05) is 12.6 Å². The second-order valence-corrected chi connectivity index (χ2v) is 6.36. The molecule has 0 spiro atoms. The second-order valence-electron chi connectivity index (χ2n) is 4.68. The van der Waals surface area contributed by atoms with Crippen molar-refractivity contribution >= 4 is 10.0 Å². The molecule has 1 saturated carbocycles. The van der Waals surface area contributed by atoms with Crippen LogP contribution in [-0.4, -0.2) is 26.2 Å². The summed E-state index contributed by atoms with van der Waals surface area (Å²) in [4.78, 5) is -0.698. The van der Waals surface area contributed by atoms with Crippen LogP contribution in [0.1, 0.15) is 19.3 Å². The molecule has 1 fully saturated rings. The van der Waals surface area contributed by atoms with E-state index in [0.717, 1.165) is 25.0 Å². The molecule has 0 aromatic heterocycles. The van der Waals surface area contributed by atoms with Crippen LogP contribution in [0.4, 0.5) is 8.78 Å². The summed E-state index contributed by atoms with van der Waals surface area (Å²) in [6, 6.07) is 1.86. The Kier molecular flexibility index (Phi) is 4.17. The largest absolute Gasteiger partial charge is 0.396 e. The van der Waals surface area contributed by atoms with Gasteiger partial charge in [-0.2, -0.15) is 0 Å². The van der Waals surface area contributed by atoms with Crippen LogP contribution in [0.5, 0.6) is 0 Å². The van der Waals surface area contributed by atoms with E-state index in [1.54, 1.807) is 0 Å². The fraction of sp³-hybridized carbons (Fsp3) is 0.500. The Labute approximate surface area is 110 Å². The Bertz CT molecular complexity index is 562. The minimum Gasteiger partial charge on any atom is -0.396 e. The molecule has 1 aromatic rings. The van der Waals surface area contributed by atoms with E-state index in [1.165, 1.54) is 0 Å². The van der Waals surface area contributed by atoms with E-state index < -0.39 is 32.6 Å². The lowest BCUT2D eigenvalue weighted by atomic mass is 10.1. The van der Waals surface area contributed by atoms with E-state index in [1.807, 2.05) is 0 Å². The number of hydrogen-bond donors (Lipinski definition) is 2. The van der Waals surface area contributed by atoms with E-state index in [-0.39, 0.29) is 12.5 Å². The molecule has 0 radical (unpaired) electrons. The molecule has 1 aliphatic carbocycles. The number of rotatable bonds is 4. The average Bonchev–Trinajstić information content (AvgIpc) is 2.78. The molecule has 2 N–H and O–H groups in total. The first kappa shape index (κ1) is 14.4. The summed E-state index contributed by atoms with van der Waals surface area (Å²) in [6.07, 6.45) is 2.10. The van der Waals surface area contributed by atoms with Gasteiger partial charge >= 0.3 is 0 Å². The minimum absolute atomic E-state index is 0.126. The first-order valence-corrected chi connectivity index (χ1v) is 7.50. The quantitative estimate of drug-likeness (QED) is 0.881. The number of sulfonamides is 1. The predicted molar refractivity (Wildman–Crippen MR) is 64.9 cm³/mol. The van der Waals surface area contributed by atoms with Gasteiger partial charge in [-0.3, -0.25) is 0 Å². The van der Waals surface area contributed by atoms with Gasteiger partial charge in [0.1, 0.15) is 16.5 Å². The summed E-state index contributed by atoms with van der Waals surface area (Å²) >= 11 is 0. The third kappa shape index (κ3) is 3.10. The van der Waals surface area contributed by atoms with Crippen molar-refractivity contribution in [3.05, 3.63) is 29.8 Å². The normalized spacial score (nSPS) is 23.7. The van der Waals surface area contributed by atoms with E-state index in [4.69, 9.17) is 5.11 Å². The Balaban J connectivity index is 2.25. The summed E-state index contributed by atoms with van der Waals surface area (Å²) in [5, 5.41) is 9.13. The number of benzene rings is 1. The zero-order valence-corrected chi connectivity index (χ0v) is 11.0. The number of hydrogen-bond acceptors (Lipinski definition) is 3. The van der Waals surface area contributed by atoms with E-state index in [9.17, 15) is 17.2 Å². The molecule has 2 rings (SSSR count). The first-order valence-electron chi connectivity index (χ1n) is 6.02. The van der Waals surface area contributed by atoms with E-state index >= 15 is 0 Å². The highest BCUT2D eigenvalue weighted by molar-refractivity contribution is 7.89. The molecule has 4 nitrogen and oxygen atoms in total. The molecule has 7 heteroatoms. The zero-order chi connectivity index (χ0) is 14.0. The van der Waals surface area contributed by atoms with Crippen molar-refractivity contribution in [2.24, 2.45) is 5.92 Å². The fourth-order valence-electron chi connectivity index (χ4n) is 2.36. The molecule has 19 heavy (non-hydrogen) atoms. The molecule has 0 bridgehead atoms. The number of aliphatic hydroxyl groups excluding tert-OH is 1. The highest BCUT2D eigenvalue weighted by atomic mass is 32.2. The van der Waals surface area contributed by atoms with Crippen LogP contribution >= 0.6 is 0 Å². The summed E-state index contributed by atoms with van der Waals surface area (Å²) in [5.74, 6) is -1.98. The molecule has 2 atom stereocenters. The number of nitrogens with one attached hydrogen (secondary N) is 1. The Morgan fingerprint density at radius 3 is 2.74 bits per heavy atom. The fourth-order valence-corrected chi connectivity index (χ4v) is 3.78. The maximum atomic E-state index is 13.5. The lowest BCUT2D eigenvalue weighted by Gasteiger charge is -2.19. The second kappa shape index (κ2) is 5.52. The predicted octanol–water partition coefficient (Wildman–Crippen LogP) is 1.40. The molecule has 1 aromatic carbocycles. The molecule has 0 heterocycles. The van der Waals surface area contributed by atoms with Gasteiger partial charge in [0.2, 0.25) is 10.0 Å². The highest BCUT2D eigenvalue weighted by Gasteiger charge is 2.31. The van der Waals surface area contributed by atoms with Gasteiger partial charge < -0.3 is 5.11 Å². The van der Waals surface area contributed by atoms with Crippen LogP contribution in [0.25, 0.3) is 0 Å². The summed E-state index contributed by atoms with van der Waals surface area (Å²) < 4.78 is 52.9. The molecular formula is C12H15F2NO3S. The summed E-state index contributed by atoms with van der Waals surface area (Å²) in [5.41, 5.74) is 0. The molecule has 106 valence electrons. The van der Waals surface area contributed by atoms with Gasteiger partial charge in [0.25, 0.3) is 0 Å². The van der Waals surface area contributed by atoms with Crippen LogP contribution in [0.15, 0.2) is 23.1 Å². The first-order chi connectivity index (χ1) is 8.94. The zero-order valence-electron chi connectivity index (χ0n) is 10.1. The Morgan fingerprint density at radius 1 is 1.32 bits per heavy atom. The lowest BCUT2D eigenvalue weighted by molar-refractivity contribution is 0.213. The van der Waals surface area contributed by atoms with Crippen LogP contribution in [0, 0.1) is 17.6 Å². The van der Waals surface area contributed by atoms with Crippen molar-refractivity contribution in [3.8, 4) is 0 Å². The maximum absolute atomic E-state index is 13.5. The van der Waals surface area contributed by atoms with Gasteiger partial charge in [-0.05, 0) is 37.0 Å². The Hall–Kier alpha value is -1.05. The maximum Gasteiger partial charge on any atom is 0.243 e. The molecule has 0 saturated heterocycles. The van der Waals surface area contributed by atoms with E-state index in [0.29, 0.717) is 12.5 Å². The third-order valence-corrected chi connectivity index (χ3v) is 4.89. The van der Waals surface area contributed by atoms with Crippen molar-refractivity contribution < 1.29 is 22.3 Å². The van der Waals surface area contributed by atoms with Gasteiger partial charge in [0.05, 0.1) is 0 Å². The average molecular weight is 291 g/mol. The van der Waals surface area contributed by atoms with Crippen LogP contribution in [0.2, 0.25) is 0 Å². The lowest BCUT2D eigenvalue weighted by Crippen LogP contribution is -2.38. The molecule has 2 unspecified atom stereocenters. The molecule has 0 amide bonds. The summed E-state index contributed by atoms with van der Waals surface area (Å²) in [6.45, 7) is -0.126. The number of aliphatic hydroxyl groups is 1. The SMILES string of the molecule is O=S(=O)(NC1CCCC1CO)c1cc(F)ccc1F. The number of halogens is 2. The van der Waals surface area contributed by atoms with Gasteiger partial charge in [-0.15, -0.1) is 0 Å². The monoisotopic (exact) mass is 291 g/mol. The molecule has 0 aliphatic heterocycles. The van der Waals surface area contributed by atoms with Gasteiger partial charge in [-0.1, -0.05) is 6.42 Å². The van der Waals surface area contributed by atoms with Gasteiger partial charge in [-0.25, -0.2) is 21.9 Å².